The molecule has 0 bridgehead atoms. The Labute approximate surface area is 222 Å². The van der Waals surface area contributed by atoms with Gasteiger partial charge in [0.25, 0.3) is 5.91 Å². The van der Waals surface area contributed by atoms with Crippen LogP contribution in [0.2, 0.25) is 0 Å². The van der Waals surface area contributed by atoms with E-state index in [1.165, 1.54) is 12.1 Å². The Kier molecular flexibility index (Phi) is 7.51. The lowest BCUT2D eigenvalue weighted by Crippen LogP contribution is -2.47. The highest BCUT2D eigenvalue weighted by Gasteiger charge is 2.33. The van der Waals surface area contributed by atoms with Crippen molar-refractivity contribution in [1.29, 1.82) is 0 Å². The van der Waals surface area contributed by atoms with Gasteiger partial charge in [0.1, 0.15) is 23.9 Å². The Balaban J connectivity index is 1.34. The van der Waals surface area contributed by atoms with Crippen molar-refractivity contribution in [3.05, 3.63) is 88.6 Å². The van der Waals surface area contributed by atoms with Gasteiger partial charge >= 0.3 is 0 Å². The largest absolute Gasteiger partial charge is 0.486 e. The summed E-state index contributed by atoms with van der Waals surface area (Å²) in [5.41, 5.74) is 2.77. The number of furan rings is 1. The topological polar surface area (TPSA) is 66.2 Å². The van der Waals surface area contributed by atoms with Crippen molar-refractivity contribution >= 4 is 11.8 Å². The van der Waals surface area contributed by atoms with E-state index in [4.69, 9.17) is 9.15 Å². The van der Waals surface area contributed by atoms with Gasteiger partial charge < -0.3 is 23.9 Å². The average molecular weight is 520 g/mol. The van der Waals surface area contributed by atoms with Gasteiger partial charge in [-0.05, 0) is 66.6 Å². The molecule has 5 rings (SSSR count). The number of carbonyl (C=O) groups excluding carboxylic acids is 2. The van der Waals surface area contributed by atoms with E-state index in [0.717, 1.165) is 36.2 Å². The van der Waals surface area contributed by atoms with Crippen LogP contribution in [0.15, 0.2) is 59.0 Å². The Morgan fingerprint density at radius 1 is 1.03 bits per heavy atom. The minimum Gasteiger partial charge on any atom is -0.486 e. The van der Waals surface area contributed by atoms with Crippen molar-refractivity contribution < 1.29 is 23.1 Å². The lowest BCUT2D eigenvalue weighted by Gasteiger charge is -2.39. The summed E-state index contributed by atoms with van der Waals surface area (Å²) in [7, 11) is 2.05. The molecule has 2 aliphatic rings. The molecule has 2 amide bonds. The highest BCUT2D eigenvalue weighted by molar-refractivity contribution is 5.91. The number of carbonyl (C=O) groups is 2. The van der Waals surface area contributed by atoms with E-state index in [-0.39, 0.29) is 30.2 Å². The molecule has 1 atom stereocenters. The third kappa shape index (κ3) is 5.45. The average Bonchev–Trinajstić information content (AvgIpc) is 3.40. The van der Waals surface area contributed by atoms with Gasteiger partial charge in [-0.3, -0.25) is 9.59 Å². The predicted molar refractivity (Wildman–Crippen MR) is 141 cm³/mol. The molecular formula is C30H34FN3O4. The fourth-order valence-electron chi connectivity index (χ4n) is 5.18. The molecule has 0 saturated carbocycles. The molecule has 8 heteroatoms. The van der Waals surface area contributed by atoms with Crippen molar-refractivity contribution in [2.75, 3.05) is 39.8 Å². The number of nitrogens with zero attached hydrogens (tertiary/aromatic N) is 3. The van der Waals surface area contributed by atoms with E-state index in [1.54, 1.807) is 18.2 Å². The van der Waals surface area contributed by atoms with Crippen LogP contribution in [-0.4, -0.2) is 66.3 Å². The van der Waals surface area contributed by atoms with Gasteiger partial charge in [0.2, 0.25) is 5.91 Å². The van der Waals surface area contributed by atoms with E-state index < -0.39 is 6.04 Å². The van der Waals surface area contributed by atoms with Crippen LogP contribution < -0.4 is 4.74 Å². The van der Waals surface area contributed by atoms with Crippen molar-refractivity contribution in [3.8, 4) is 5.75 Å². The Morgan fingerprint density at radius 3 is 2.55 bits per heavy atom. The molecule has 0 spiro atoms. The number of piperazine rings is 1. The summed E-state index contributed by atoms with van der Waals surface area (Å²) >= 11 is 0. The van der Waals surface area contributed by atoms with Gasteiger partial charge in [-0.25, -0.2) is 4.39 Å². The van der Waals surface area contributed by atoms with Crippen LogP contribution in [0.1, 0.15) is 52.9 Å². The first-order valence-electron chi connectivity index (χ1n) is 13.2. The highest BCUT2D eigenvalue weighted by Crippen LogP contribution is 2.38. The number of halogens is 1. The van der Waals surface area contributed by atoms with Crippen LogP contribution in [0.3, 0.4) is 0 Å². The minimum absolute atomic E-state index is 0.0318. The van der Waals surface area contributed by atoms with Gasteiger partial charge in [0, 0.05) is 38.6 Å². The first kappa shape index (κ1) is 26.0. The fraction of sp³-hybridized carbons (Fsp3) is 0.400. The number of benzene rings is 2. The highest BCUT2D eigenvalue weighted by atomic mass is 19.1. The molecule has 7 nitrogen and oxygen atoms in total. The second-order valence-electron chi connectivity index (χ2n) is 10.4. The molecule has 1 saturated heterocycles. The van der Waals surface area contributed by atoms with Crippen LogP contribution in [0, 0.1) is 11.7 Å². The number of ether oxygens (including phenoxy) is 1. The molecule has 1 fully saturated rings. The number of amides is 2. The molecule has 2 aliphatic heterocycles. The molecule has 3 heterocycles. The minimum atomic E-state index is -0.399. The van der Waals surface area contributed by atoms with Crippen LogP contribution >= 0.6 is 0 Å². The third-order valence-electron chi connectivity index (χ3n) is 7.33. The SMILES string of the molecule is CC(C)C(=O)N1CCc2ccc(OCc3ccc(C(=O)N4CCN(C)CC4)o3)cc2[C@H]1c1cccc(F)c1. The molecular weight excluding hydrogens is 485 g/mol. The number of likely N-dealkylation sites (N-methyl/N-ethyl adjacent to an activating group) is 1. The van der Waals surface area contributed by atoms with Crippen molar-refractivity contribution in [3.63, 3.8) is 0 Å². The molecule has 3 aromatic rings. The summed E-state index contributed by atoms with van der Waals surface area (Å²) in [6.07, 6.45) is 0.718. The molecule has 200 valence electrons. The summed E-state index contributed by atoms with van der Waals surface area (Å²) in [5, 5.41) is 0. The molecule has 1 aromatic heterocycles. The summed E-state index contributed by atoms with van der Waals surface area (Å²) in [5.74, 6) is 0.904. The molecule has 0 unspecified atom stereocenters. The lowest BCUT2D eigenvalue weighted by molar-refractivity contribution is -0.136. The quantitative estimate of drug-likeness (QED) is 0.479. The van der Waals surface area contributed by atoms with Crippen molar-refractivity contribution in [1.82, 2.24) is 14.7 Å². The maximum atomic E-state index is 14.2. The van der Waals surface area contributed by atoms with E-state index in [2.05, 4.69) is 4.90 Å². The van der Waals surface area contributed by atoms with E-state index >= 15 is 0 Å². The second-order valence-corrected chi connectivity index (χ2v) is 10.4. The Bertz CT molecular complexity index is 1310. The van der Waals surface area contributed by atoms with Crippen LogP contribution in [0.4, 0.5) is 4.39 Å². The van der Waals surface area contributed by atoms with Crippen LogP contribution in [-0.2, 0) is 17.8 Å². The number of fused-ring (bicyclic) bond motifs is 1. The monoisotopic (exact) mass is 519 g/mol. The number of hydrogen-bond donors (Lipinski definition) is 0. The molecule has 2 aromatic carbocycles. The Morgan fingerprint density at radius 2 is 1.82 bits per heavy atom. The Hall–Kier alpha value is -3.65. The van der Waals surface area contributed by atoms with Crippen molar-refractivity contribution in [2.45, 2.75) is 32.9 Å². The molecule has 0 aliphatic carbocycles. The van der Waals surface area contributed by atoms with E-state index in [9.17, 15) is 14.0 Å². The predicted octanol–water partition coefficient (Wildman–Crippen LogP) is 4.52. The molecule has 0 N–H and O–H groups in total. The maximum absolute atomic E-state index is 14.2. The summed E-state index contributed by atoms with van der Waals surface area (Å²) in [4.78, 5) is 31.8. The maximum Gasteiger partial charge on any atom is 0.289 e. The van der Waals surface area contributed by atoms with Crippen molar-refractivity contribution in [2.24, 2.45) is 5.92 Å². The standard InChI is InChI=1S/C30H34FN3O4/c1-20(2)29(35)34-12-11-21-7-8-24(18-26(21)28(34)22-5-4-6-23(31)17-22)37-19-25-9-10-27(38-25)30(36)33-15-13-32(3)14-16-33/h4-10,17-18,20,28H,11-16,19H2,1-3H3/t28-/m1/s1. The van der Waals surface area contributed by atoms with E-state index in [0.29, 0.717) is 36.9 Å². The van der Waals surface area contributed by atoms with E-state index in [1.807, 2.05) is 55.0 Å². The van der Waals surface area contributed by atoms with Gasteiger partial charge in [0.05, 0.1) is 6.04 Å². The zero-order chi connectivity index (χ0) is 26.8. The zero-order valence-electron chi connectivity index (χ0n) is 22.2. The zero-order valence-corrected chi connectivity index (χ0v) is 22.2. The summed E-state index contributed by atoms with van der Waals surface area (Å²) in [6.45, 7) is 7.54. The summed E-state index contributed by atoms with van der Waals surface area (Å²) in [6, 6.07) is 15.4. The third-order valence-corrected chi connectivity index (χ3v) is 7.33. The van der Waals surface area contributed by atoms with Gasteiger partial charge in [-0.2, -0.15) is 0 Å². The van der Waals surface area contributed by atoms with Gasteiger partial charge in [-0.15, -0.1) is 0 Å². The lowest BCUT2D eigenvalue weighted by atomic mass is 9.87. The second kappa shape index (κ2) is 11.0. The molecule has 0 radical (unpaired) electrons. The number of hydrogen-bond acceptors (Lipinski definition) is 5. The normalized spacial score (nSPS) is 18.0. The van der Waals surface area contributed by atoms with Gasteiger partial charge in [-0.1, -0.05) is 32.0 Å². The number of rotatable bonds is 6. The first-order valence-corrected chi connectivity index (χ1v) is 13.2. The fourth-order valence-corrected chi connectivity index (χ4v) is 5.18. The smallest absolute Gasteiger partial charge is 0.289 e. The molecule has 38 heavy (non-hydrogen) atoms. The summed E-state index contributed by atoms with van der Waals surface area (Å²) < 4.78 is 26.1. The van der Waals surface area contributed by atoms with Crippen LogP contribution in [0.25, 0.3) is 0 Å². The van der Waals surface area contributed by atoms with Crippen LogP contribution in [0.5, 0.6) is 5.75 Å². The first-order chi connectivity index (χ1) is 18.3. The van der Waals surface area contributed by atoms with Gasteiger partial charge in [0.15, 0.2) is 5.76 Å².